The molecule has 1 atom stereocenters. The maximum absolute atomic E-state index is 10.8. The Balaban J connectivity index is 2.77. The Bertz CT molecular complexity index is 502. The number of benzene rings is 1. The number of para-hydroxylation sites is 2. The summed E-state index contributed by atoms with van der Waals surface area (Å²) in [6.07, 6.45) is 0. The molecule has 8 nitrogen and oxygen atoms in total. The molecule has 0 spiro atoms. The third-order valence-corrected chi connectivity index (χ3v) is 2.14. The summed E-state index contributed by atoms with van der Waals surface area (Å²) >= 11 is 0. The van der Waals surface area contributed by atoms with Crippen LogP contribution in [0.4, 0.5) is 5.69 Å². The van der Waals surface area contributed by atoms with Gasteiger partial charge in [-0.15, -0.1) is 0 Å². The van der Waals surface area contributed by atoms with Crippen LogP contribution < -0.4 is 10.1 Å². The highest BCUT2D eigenvalue weighted by atomic mass is 16.6. The zero-order chi connectivity index (χ0) is 14.4. The zero-order valence-corrected chi connectivity index (χ0v) is 10.0. The van der Waals surface area contributed by atoms with E-state index in [0.717, 1.165) is 0 Å². The highest BCUT2D eigenvalue weighted by Crippen LogP contribution is 2.25. The van der Waals surface area contributed by atoms with Crippen LogP contribution in [0.5, 0.6) is 5.75 Å². The van der Waals surface area contributed by atoms with E-state index in [1.165, 1.54) is 31.2 Å². The Morgan fingerprint density at radius 3 is 2.63 bits per heavy atom. The van der Waals surface area contributed by atoms with E-state index >= 15 is 0 Å². The Morgan fingerprint density at radius 1 is 1.47 bits per heavy atom. The first-order chi connectivity index (χ1) is 8.91. The Kier molecular flexibility index (Phi) is 4.81. The highest BCUT2D eigenvalue weighted by molar-refractivity contribution is 5.82. The van der Waals surface area contributed by atoms with Crippen molar-refractivity contribution in [3.63, 3.8) is 0 Å². The molecule has 0 radical (unpaired) electrons. The average molecular weight is 268 g/mol. The van der Waals surface area contributed by atoms with Crippen LogP contribution in [-0.4, -0.2) is 34.6 Å². The number of carbonyl (C=O) groups is 2. The maximum atomic E-state index is 10.8. The number of carbonyl (C=O) groups excluding carboxylic acids is 1. The van der Waals surface area contributed by atoms with Gasteiger partial charge in [0, 0.05) is 13.0 Å². The van der Waals surface area contributed by atoms with Crippen LogP contribution in [0.25, 0.3) is 0 Å². The molecule has 0 fully saturated rings. The number of aliphatic carboxylic acids is 1. The minimum Gasteiger partial charge on any atom is -0.484 e. The van der Waals surface area contributed by atoms with Gasteiger partial charge in [0.1, 0.15) is 6.61 Å². The normalized spacial score (nSPS) is 11.4. The van der Waals surface area contributed by atoms with Crippen LogP contribution in [0, 0.1) is 10.1 Å². The van der Waals surface area contributed by atoms with Crippen LogP contribution >= 0.6 is 0 Å². The molecular weight excluding hydrogens is 256 g/mol. The van der Waals surface area contributed by atoms with E-state index in [-0.39, 0.29) is 11.4 Å². The largest absolute Gasteiger partial charge is 0.484 e. The number of ether oxygens (including phenoxy) is 1. The Labute approximate surface area is 108 Å². The van der Waals surface area contributed by atoms with E-state index in [4.69, 9.17) is 9.84 Å². The third kappa shape index (κ3) is 4.26. The molecule has 0 saturated heterocycles. The van der Waals surface area contributed by atoms with Gasteiger partial charge in [-0.25, -0.2) is 4.79 Å². The maximum Gasteiger partial charge on any atom is 0.329 e. The standard InChI is InChI=1S/C11H12N2O6/c1-7(14)12-8(11(15)16)6-19-10-5-3-2-4-9(10)13(17)18/h2-5,8H,6H2,1H3,(H,12,14)(H,15,16). The smallest absolute Gasteiger partial charge is 0.329 e. The third-order valence-electron chi connectivity index (χ3n) is 2.14. The van der Waals surface area contributed by atoms with Crippen molar-refractivity contribution in [1.82, 2.24) is 5.32 Å². The lowest BCUT2D eigenvalue weighted by Gasteiger charge is -2.14. The van der Waals surface area contributed by atoms with Crippen molar-refractivity contribution in [2.24, 2.45) is 0 Å². The van der Waals surface area contributed by atoms with Crippen LogP contribution in [0.15, 0.2) is 24.3 Å². The van der Waals surface area contributed by atoms with Crippen LogP contribution in [-0.2, 0) is 9.59 Å². The molecule has 0 aliphatic rings. The van der Waals surface area contributed by atoms with Crippen molar-refractivity contribution in [1.29, 1.82) is 0 Å². The minimum atomic E-state index is -1.28. The highest BCUT2D eigenvalue weighted by Gasteiger charge is 2.21. The Morgan fingerprint density at radius 2 is 2.11 bits per heavy atom. The fraction of sp³-hybridized carbons (Fsp3) is 0.273. The van der Waals surface area contributed by atoms with Gasteiger partial charge in [-0.1, -0.05) is 12.1 Å². The molecule has 0 saturated carbocycles. The molecular formula is C11H12N2O6. The molecule has 1 rings (SSSR count). The molecule has 0 aliphatic heterocycles. The number of nitrogens with zero attached hydrogens (tertiary/aromatic N) is 1. The van der Waals surface area contributed by atoms with E-state index in [1.54, 1.807) is 0 Å². The summed E-state index contributed by atoms with van der Waals surface area (Å²) < 4.78 is 5.09. The van der Waals surface area contributed by atoms with Gasteiger partial charge >= 0.3 is 11.7 Å². The van der Waals surface area contributed by atoms with Gasteiger partial charge in [-0.3, -0.25) is 14.9 Å². The second-order valence-corrected chi connectivity index (χ2v) is 3.63. The fourth-order valence-electron chi connectivity index (χ4n) is 1.32. The van der Waals surface area contributed by atoms with Gasteiger partial charge in [-0.2, -0.15) is 0 Å². The summed E-state index contributed by atoms with van der Waals surface area (Å²) in [5.41, 5.74) is -0.269. The van der Waals surface area contributed by atoms with Gasteiger partial charge in [0.2, 0.25) is 5.91 Å². The van der Waals surface area contributed by atoms with Gasteiger partial charge in [-0.05, 0) is 6.07 Å². The van der Waals surface area contributed by atoms with Gasteiger partial charge in [0.05, 0.1) is 4.92 Å². The van der Waals surface area contributed by atoms with Crippen LogP contribution in [0.3, 0.4) is 0 Å². The van der Waals surface area contributed by atoms with Crippen molar-refractivity contribution in [3.05, 3.63) is 34.4 Å². The SMILES string of the molecule is CC(=O)NC(COc1ccccc1[N+](=O)[O-])C(=O)O. The summed E-state index contributed by atoms with van der Waals surface area (Å²) in [4.78, 5) is 31.7. The molecule has 1 unspecified atom stereocenters. The van der Waals surface area contributed by atoms with Crippen molar-refractivity contribution in [2.45, 2.75) is 13.0 Å². The predicted molar refractivity (Wildman–Crippen MR) is 63.8 cm³/mol. The number of hydrogen-bond acceptors (Lipinski definition) is 5. The summed E-state index contributed by atoms with van der Waals surface area (Å²) in [6.45, 7) is 0.765. The van der Waals surface area contributed by atoms with E-state index in [1.807, 2.05) is 0 Å². The lowest BCUT2D eigenvalue weighted by Crippen LogP contribution is -2.43. The number of hydrogen-bond donors (Lipinski definition) is 2. The molecule has 1 aromatic carbocycles. The second-order valence-electron chi connectivity index (χ2n) is 3.63. The first kappa shape index (κ1) is 14.4. The van der Waals surface area contributed by atoms with Crippen molar-refractivity contribution < 1.29 is 24.4 Å². The monoisotopic (exact) mass is 268 g/mol. The summed E-state index contributed by atoms with van der Waals surface area (Å²) in [5, 5.41) is 21.7. The summed E-state index contributed by atoms with van der Waals surface area (Å²) in [5.74, 6) is -1.86. The molecule has 19 heavy (non-hydrogen) atoms. The van der Waals surface area contributed by atoms with Gasteiger partial charge in [0.15, 0.2) is 11.8 Å². The van der Waals surface area contributed by atoms with Crippen molar-refractivity contribution >= 4 is 17.6 Å². The summed E-state index contributed by atoms with van der Waals surface area (Å²) in [7, 11) is 0. The molecule has 0 aromatic heterocycles. The van der Waals surface area contributed by atoms with Crippen LogP contribution in [0.2, 0.25) is 0 Å². The zero-order valence-electron chi connectivity index (χ0n) is 10.0. The minimum absolute atomic E-state index is 0.0518. The average Bonchev–Trinajstić information content (AvgIpc) is 2.34. The first-order valence-electron chi connectivity index (χ1n) is 5.28. The van der Waals surface area contributed by atoms with E-state index < -0.39 is 29.4 Å². The van der Waals surface area contributed by atoms with E-state index in [2.05, 4.69) is 5.32 Å². The quantitative estimate of drug-likeness (QED) is 0.574. The molecule has 0 aliphatic carbocycles. The number of nitrogens with one attached hydrogen (secondary N) is 1. The lowest BCUT2D eigenvalue weighted by atomic mass is 10.3. The van der Waals surface area contributed by atoms with Gasteiger partial charge in [0.25, 0.3) is 0 Å². The molecule has 2 N–H and O–H groups in total. The molecule has 1 amide bonds. The van der Waals surface area contributed by atoms with E-state index in [9.17, 15) is 19.7 Å². The second kappa shape index (κ2) is 6.34. The number of nitro benzene ring substituents is 1. The fourth-order valence-corrected chi connectivity index (χ4v) is 1.32. The molecule has 0 bridgehead atoms. The number of rotatable bonds is 6. The number of carboxylic acids is 1. The molecule has 102 valence electrons. The Hall–Kier alpha value is -2.64. The topological polar surface area (TPSA) is 119 Å². The van der Waals surface area contributed by atoms with E-state index in [0.29, 0.717) is 0 Å². The predicted octanol–water partition coefficient (Wildman–Crippen LogP) is 0.563. The first-order valence-corrected chi connectivity index (χ1v) is 5.28. The lowest BCUT2D eigenvalue weighted by molar-refractivity contribution is -0.385. The summed E-state index contributed by atoms with van der Waals surface area (Å²) in [6, 6.07) is 4.32. The number of nitro groups is 1. The molecule has 8 heteroatoms. The van der Waals surface area contributed by atoms with Crippen molar-refractivity contribution in [3.8, 4) is 5.75 Å². The number of carboxylic acid groups (broad SMARTS) is 1. The van der Waals surface area contributed by atoms with Crippen molar-refractivity contribution in [2.75, 3.05) is 6.61 Å². The molecule has 0 heterocycles. The molecule has 1 aromatic rings. The number of amides is 1. The van der Waals surface area contributed by atoms with Gasteiger partial charge < -0.3 is 15.2 Å². The van der Waals surface area contributed by atoms with Crippen LogP contribution in [0.1, 0.15) is 6.92 Å².